The molecule has 2 aliphatic rings. The minimum absolute atomic E-state index is 0.0866. The molecule has 0 saturated carbocycles. The molecule has 0 spiro atoms. The average Bonchev–Trinajstić information content (AvgIpc) is 3.43. The summed E-state index contributed by atoms with van der Waals surface area (Å²) in [5, 5.41) is 5.04. The number of hydrogen-bond donors (Lipinski definition) is 0. The van der Waals surface area contributed by atoms with Crippen molar-refractivity contribution in [2.45, 2.75) is 65.0 Å². The van der Waals surface area contributed by atoms with Gasteiger partial charge in [-0.15, -0.1) is 0 Å². The van der Waals surface area contributed by atoms with Crippen LogP contribution in [0.3, 0.4) is 0 Å². The first-order chi connectivity index (χ1) is 16.4. The number of benzene rings is 2. The molecule has 5 rings (SSSR count). The van der Waals surface area contributed by atoms with Crippen molar-refractivity contribution < 1.29 is 9.59 Å². The molecular weight excluding hydrogens is 422 g/mol. The Morgan fingerprint density at radius 3 is 2.38 bits per heavy atom. The number of Topliss-reactive ketones (excluding diaryl/α,β-unsaturated/α-hetero) is 1. The maximum atomic E-state index is 13.4. The van der Waals surface area contributed by atoms with Crippen molar-refractivity contribution >= 4 is 11.7 Å². The molecule has 1 aliphatic heterocycles. The molecule has 2 heterocycles. The van der Waals surface area contributed by atoms with E-state index in [1.807, 2.05) is 46.0 Å². The lowest BCUT2D eigenvalue weighted by molar-refractivity contribution is -0.132. The molecule has 0 bridgehead atoms. The summed E-state index contributed by atoms with van der Waals surface area (Å²) in [6.45, 7) is 5.68. The van der Waals surface area contributed by atoms with Crippen LogP contribution in [0.25, 0.3) is 0 Å². The van der Waals surface area contributed by atoms with Crippen molar-refractivity contribution in [2.75, 3.05) is 6.54 Å². The van der Waals surface area contributed by atoms with Gasteiger partial charge in [-0.05, 0) is 42.2 Å². The van der Waals surface area contributed by atoms with E-state index in [4.69, 9.17) is 5.10 Å². The number of hydrogen-bond acceptors (Lipinski definition) is 3. The second-order valence-corrected chi connectivity index (χ2v) is 10.5. The molecular formula is C29H33N3O2. The summed E-state index contributed by atoms with van der Waals surface area (Å²) in [7, 11) is 0. The van der Waals surface area contributed by atoms with Gasteiger partial charge < -0.3 is 4.90 Å². The number of ketones is 1. The highest BCUT2D eigenvalue weighted by Gasteiger charge is 2.41. The van der Waals surface area contributed by atoms with Gasteiger partial charge in [-0.3, -0.25) is 14.3 Å². The van der Waals surface area contributed by atoms with Gasteiger partial charge in [0.2, 0.25) is 5.91 Å². The summed E-state index contributed by atoms with van der Waals surface area (Å²) in [4.78, 5) is 28.6. The first kappa shape index (κ1) is 22.6. The highest BCUT2D eigenvalue weighted by molar-refractivity contribution is 6.00. The van der Waals surface area contributed by atoms with Gasteiger partial charge in [0, 0.05) is 19.4 Å². The molecule has 3 aromatic rings. The molecule has 1 fully saturated rings. The third kappa shape index (κ3) is 4.56. The van der Waals surface area contributed by atoms with Gasteiger partial charge in [-0.2, -0.15) is 5.10 Å². The Balaban J connectivity index is 1.45. The molecule has 0 radical (unpaired) electrons. The van der Waals surface area contributed by atoms with Crippen LogP contribution in [-0.4, -0.2) is 32.9 Å². The van der Waals surface area contributed by atoms with Crippen molar-refractivity contribution in [3.63, 3.8) is 0 Å². The minimum atomic E-state index is -0.112. The molecule has 1 aliphatic carbocycles. The van der Waals surface area contributed by atoms with Crippen molar-refractivity contribution in [1.82, 2.24) is 14.7 Å². The number of carbonyl (C=O) groups excluding carboxylic acids is 2. The Morgan fingerprint density at radius 1 is 1.00 bits per heavy atom. The maximum Gasteiger partial charge on any atom is 0.223 e. The van der Waals surface area contributed by atoms with Crippen LogP contribution in [0.4, 0.5) is 0 Å². The summed E-state index contributed by atoms with van der Waals surface area (Å²) < 4.78 is 2.03. The molecule has 1 amide bonds. The van der Waals surface area contributed by atoms with Gasteiger partial charge in [0.15, 0.2) is 5.78 Å². The zero-order valence-electron chi connectivity index (χ0n) is 20.2. The zero-order valence-corrected chi connectivity index (χ0v) is 20.2. The number of fused-ring (bicyclic) bond motifs is 1. The lowest BCUT2D eigenvalue weighted by atomic mass is 9.75. The van der Waals surface area contributed by atoms with Crippen LogP contribution in [0.2, 0.25) is 0 Å². The van der Waals surface area contributed by atoms with Gasteiger partial charge in [-0.1, -0.05) is 74.5 Å². The Labute approximate surface area is 201 Å². The van der Waals surface area contributed by atoms with Crippen molar-refractivity contribution in [2.24, 2.45) is 5.41 Å². The summed E-state index contributed by atoms with van der Waals surface area (Å²) in [6.07, 6.45) is 4.37. The quantitative estimate of drug-likeness (QED) is 0.501. The van der Waals surface area contributed by atoms with Gasteiger partial charge in [0.05, 0.1) is 29.5 Å². The van der Waals surface area contributed by atoms with Crippen molar-refractivity contribution in [3.05, 3.63) is 88.7 Å². The van der Waals surface area contributed by atoms with Crippen LogP contribution in [0.1, 0.15) is 78.4 Å². The monoisotopic (exact) mass is 455 g/mol. The fraction of sp³-hybridized carbons (Fsp3) is 0.414. The van der Waals surface area contributed by atoms with E-state index in [2.05, 4.69) is 38.1 Å². The summed E-state index contributed by atoms with van der Waals surface area (Å²) in [6, 6.07) is 20.3. The van der Waals surface area contributed by atoms with E-state index in [1.54, 1.807) is 0 Å². The highest BCUT2D eigenvalue weighted by atomic mass is 16.2. The first-order valence-corrected chi connectivity index (χ1v) is 12.4. The Bertz CT molecular complexity index is 1180. The minimum Gasteiger partial charge on any atom is -0.334 e. The molecule has 5 heteroatoms. The average molecular weight is 456 g/mol. The maximum absolute atomic E-state index is 13.4. The molecule has 176 valence electrons. The molecule has 1 aromatic heterocycles. The first-order valence-electron chi connectivity index (χ1n) is 12.4. The summed E-state index contributed by atoms with van der Waals surface area (Å²) in [5.41, 5.74) is 4.88. The van der Waals surface area contributed by atoms with Gasteiger partial charge in [0.25, 0.3) is 0 Å². The Hall–Kier alpha value is -3.21. The van der Waals surface area contributed by atoms with Crippen LogP contribution in [0, 0.1) is 5.41 Å². The number of aryl methyl sites for hydroxylation is 1. The molecule has 1 saturated heterocycles. The Morgan fingerprint density at radius 2 is 1.68 bits per heavy atom. The SMILES string of the molecule is CC1(C)CC(=O)c2c([C@H]3CCCN3C(=O)CCc3ccccc3)nn(Cc3ccccc3)c2C1. The number of aromatic nitrogens is 2. The number of likely N-dealkylation sites (tertiary alicyclic amines) is 1. The van der Waals surface area contributed by atoms with Gasteiger partial charge in [-0.25, -0.2) is 0 Å². The predicted octanol–water partition coefficient (Wildman–Crippen LogP) is 5.38. The van der Waals surface area contributed by atoms with Crippen LogP contribution < -0.4 is 0 Å². The van der Waals surface area contributed by atoms with E-state index in [0.29, 0.717) is 19.4 Å². The van der Waals surface area contributed by atoms with E-state index in [0.717, 1.165) is 54.7 Å². The smallest absolute Gasteiger partial charge is 0.223 e. The van der Waals surface area contributed by atoms with Crippen molar-refractivity contribution in [1.29, 1.82) is 0 Å². The zero-order chi connectivity index (χ0) is 23.7. The van der Waals surface area contributed by atoms with E-state index in [1.165, 1.54) is 5.56 Å². The third-order valence-electron chi connectivity index (χ3n) is 7.18. The molecule has 0 N–H and O–H groups in total. The largest absolute Gasteiger partial charge is 0.334 e. The molecule has 2 aromatic carbocycles. The standard InChI is InChI=1S/C29H33N3O2/c1-29(2)18-24-27(25(33)19-29)28(30-32(24)20-22-12-7-4-8-13-22)23-14-9-17-31(23)26(34)16-15-21-10-5-3-6-11-21/h3-8,10-13,23H,9,14-20H2,1-2H3/t23-/m1/s1. The van der Waals surface area contributed by atoms with Crippen LogP contribution >= 0.6 is 0 Å². The van der Waals surface area contributed by atoms with E-state index >= 15 is 0 Å². The van der Waals surface area contributed by atoms with Crippen molar-refractivity contribution in [3.8, 4) is 0 Å². The third-order valence-corrected chi connectivity index (χ3v) is 7.18. The topological polar surface area (TPSA) is 55.2 Å². The van der Waals surface area contributed by atoms with Crippen LogP contribution in [0.15, 0.2) is 60.7 Å². The Kier molecular flexibility index (Phi) is 6.11. The number of rotatable bonds is 6. The predicted molar refractivity (Wildman–Crippen MR) is 133 cm³/mol. The van der Waals surface area contributed by atoms with Crippen LogP contribution in [-0.2, 0) is 24.2 Å². The second-order valence-electron chi connectivity index (χ2n) is 10.5. The number of amides is 1. The van der Waals surface area contributed by atoms with E-state index in [-0.39, 0.29) is 23.1 Å². The molecule has 1 atom stereocenters. The van der Waals surface area contributed by atoms with Crippen LogP contribution in [0.5, 0.6) is 0 Å². The number of carbonyl (C=O) groups is 2. The summed E-state index contributed by atoms with van der Waals surface area (Å²) >= 11 is 0. The summed E-state index contributed by atoms with van der Waals surface area (Å²) in [5.74, 6) is 0.324. The lowest BCUT2D eigenvalue weighted by Crippen LogP contribution is -2.33. The van der Waals surface area contributed by atoms with E-state index < -0.39 is 0 Å². The normalized spacial score (nSPS) is 19.3. The second kappa shape index (κ2) is 9.21. The molecule has 0 unspecified atom stereocenters. The van der Waals surface area contributed by atoms with Gasteiger partial charge in [0.1, 0.15) is 0 Å². The highest BCUT2D eigenvalue weighted by Crippen LogP contribution is 2.41. The van der Waals surface area contributed by atoms with Gasteiger partial charge >= 0.3 is 0 Å². The molecule has 34 heavy (non-hydrogen) atoms. The fourth-order valence-electron chi connectivity index (χ4n) is 5.55. The molecule has 5 nitrogen and oxygen atoms in total. The van der Waals surface area contributed by atoms with E-state index in [9.17, 15) is 9.59 Å². The fourth-order valence-corrected chi connectivity index (χ4v) is 5.55. The number of nitrogens with zero attached hydrogens (tertiary/aromatic N) is 3. The lowest BCUT2D eigenvalue weighted by Gasteiger charge is -2.30.